The number of nitrogens with two attached hydrogens (primary N) is 1. The topological polar surface area (TPSA) is 72.2 Å². The van der Waals surface area contributed by atoms with Crippen molar-refractivity contribution in [1.82, 2.24) is 5.32 Å². The summed E-state index contributed by atoms with van der Waals surface area (Å²) >= 11 is 0. The Kier molecular flexibility index (Phi) is 5.59. The minimum absolute atomic E-state index is 0.229. The SMILES string of the molecule is CCCCNC(=O)/C(C)=C/C(N)=O. The van der Waals surface area contributed by atoms with Gasteiger partial charge in [-0.1, -0.05) is 13.3 Å². The van der Waals surface area contributed by atoms with E-state index in [9.17, 15) is 9.59 Å². The van der Waals surface area contributed by atoms with E-state index in [1.165, 1.54) is 0 Å². The summed E-state index contributed by atoms with van der Waals surface area (Å²) in [4.78, 5) is 21.6. The molecule has 0 aromatic carbocycles. The second-order valence-electron chi connectivity index (χ2n) is 2.84. The Morgan fingerprint density at radius 1 is 1.46 bits per heavy atom. The number of hydrogen-bond acceptors (Lipinski definition) is 2. The summed E-state index contributed by atoms with van der Waals surface area (Å²) in [6.07, 6.45) is 3.09. The van der Waals surface area contributed by atoms with Gasteiger partial charge in [0.2, 0.25) is 11.8 Å². The van der Waals surface area contributed by atoms with Crippen LogP contribution >= 0.6 is 0 Å². The van der Waals surface area contributed by atoms with Crippen molar-refractivity contribution in [2.45, 2.75) is 26.7 Å². The maximum Gasteiger partial charge on any atom is 0.247 e. The lowest BCUT2D eigenvalue weighted by molar-refractivity contribution is -0.118. The summed E-state index contributed by atoms with van der Waals surface area (Å²) < 4.78 is 0. The first-order chi connectivity index (χ1) is 6.07. The van der Waals surface area contributed by atoms with Crippen molar-refractivity contribution in [2.75, 3.05) is 6.54 Å². The molecule has 0 aromatic rings. The van der Waals surface area contributed by atoms with Crippen molar-refractivity contribution >= 4 is 11.8 Å². The summed E-state index contributed by atoms with van der Waals surface area (Å²) in [5.41, 5.74) is 5.24. The zero-order chi connectivity index (χ0) is 10.3. The molecule has 3 N–H and O–H groups in total. The first-order valence-corrected chi connectivity index (χ1v) is 4.33. The Bertz CT molecular complexity index is 222. The van der Waals surface area contributed by atoms with Gasteiger partial charge in [0.1, 0.15) is 0 Å². The van der Waals surface area contributed by atoms with E-state index >= 15 is 0 Å². The first-order valence-electron chi connectivity index (χ1n) is 4.33. The van der Waals surface area contributed by atoms with Crippen molar-refractivity contribution < 1.29 is 9.59 Å². The summed E-state index contributed by atoms with van der Waals surface area (Å²) in [5.74, 6) is -0.824. The van der Waals surface area contributed by atoms with E-state index in [4.69, 9.17) is 5.73 Å². The highest BCUT2D eigenvalue weighted by Crippen LogP contribution is 1.92. The Morgan fingerprint density at radius 3 is 2.54 bits per heavy atom. The Hall–Kier alpha value is -1.32. The summed E-state index contributed by atoms with van der Waals surface area (Å²) in [7, 11) is 0. The monoisotopic (exact) mass is 184 g/mol. The third-order valence-electron chi connectivity index (χ3n) is 1.53. The smallest absolute Gasteiger partial charge is 0.247 e. The van der Waals surface area contributed by atoms with Crippen LogP contribution in [0, 0.1) is 0 Å². The maximum atomic E-state index is 11.2. The van der Waals surface area contributed by atoms with Crippen LogP contribution in [0.3, 0.4) is 0 Å². The van der Waals surface area contributed by atoms with Gasteiger partial charge in [-0.05, 0) is 13.3 Å². The van der Waals surface area contributed by atoms with Gasteiger partial charge in [0, 0.05) is 18.2 Å². The molecule has 0 aliphatic heterocycles. The number of hydrogen-bond donors (Lipinski definition) is 2. The average Bonchev–Trinajstić information content (AvgIpc) is 2.03. The predicted molar refractivity (Wildman–Crippen MR) is 50.9 cm³/mol. The highest BCUT2D eigenvalue weighted by atomic mass is 16.2. The maximum absolute atomic E-state index is 11.2. The van der Waals surface area contributed by atoms with E-state index in [1.807, 2.05) is 6.92 Å². The quantitative estimate of drug-likeness (QED) is 0.477. The molecular formula is C9H16N2O2. The van der Waals surface area contributed by atoms with Gasteiger partial charge < -0.3 is 11.1 Å². The molecule has 74 valence electrons. The van der Waals surface area contributed by atoms with Crippen molar-refractivity contribution in [3.05, 3.63) is 11.6 Å². The van der Waals surface area contributed by atoms with Crippen LogP contribution in [0.25, 0.3) is 0 Å². The van der Waals surface area contributed by atoms with Crippen LogP contribution in [0.2, 0.25) is 0 Å². The Labute approximate surface area is 78.2 Å². The molecule has 0 fully saturated rings. The fourth-order valence-electron chi connectivity index (χ4n) is 0.797. The predicted octanol–water partition coefficient (Wildman–Crippen LogP) is 0.334. The lowest BCUT2D eigenvalue weighted by Crippen LogP contribution is -2.25. The lowest BCUT2D eigenvalue weighted by Gasteiger charge is -2.02. The van der Waals surface area contributed by atoms with Crippen molar-refractivity contribution in [3.8, 4) is 0 Å². The molecule has 0 unspecified atom stereocenters. The van der Waals surface area contributed by atoms with Crippen LogP contribution in [0.1, 0.15) is 26.7 Å². The molecule has 4 heteroatoms. The second-order valence-corrected chi connectivity index (χ2v) is 2.84. The molecule has 2 amide bonds. The summed E-state index contributed by atoms with van der Waals surface area (Å²) in [6.45, 7) is 4.24. The van der Waals surface area contributed by atoms with Gasteiger partial charge in [-0.2, -0.15) is 0 Å². The van der Waals surface area contributed by atoms with Crippen molar-refractivity contribution in [2.24, 2.45) is 5.73 Å². The van der Waals surface area contributed by atoms with E-state index in [1.54, 1.807) is 6.92 Å². The molecule has 0 heterocycles. The molecule has 0 bridgehead atoms. The number of unbranched alkanes of at least 4 members (excludes halogenated alkanes) is 1. The molecule has 4 nitrogen and oxygen atoms in total. The van der Waals surface area contributed by atoms with E-state index < -0.39 is 5.91 Å². The minimum atomic E-state index is -0.594. The summed E-state index contributed by atoms with van der Waals surface area (Å²) in [5, 5.41) is 2.67. The molecule has 0 rings (SSSR count). The number of carbonyl (C=O) groups is 2. The molecule has 0 saturated carbocycles. The second kappa shape index (κ2) is 6.22. The van der Waals surface area contributed by atoms with Crippen LogP contribution in [0.15, 0.2) is 11.6 Å². The molecule has 0 atom stereocenters. The molecule has 0 aliphatic rings. The zero-order valence-corrected chi connectivity index (χ0v) is 8.09. The number of amides is 2. The summed E-state index contributed by atoms with van der Waals surface area (Å²) in [6, 6.07) is 0. The number of rotatable bonds is 5. The Morgan fingerprint density at radius 2 is 2.08 bits per heavy atom. The molecular weight excluding hydrogens is 168 g/mol. The number of nitrogens with one attached hydrogen (secondary N) is 1. The van der Waals surface area contributed by atoms with Crippen LogP contribution in [0.4, 0.5) is 0 Å². The number of carbonyl (C=O) groups excluding carboxylic acids is 2. The van der Waals surface area contributed by atoms with Crippen LogP contribution in [-0.4, -0.2) is 18.4 Å². The highest BCUT2D eigenvalue weighted by Gasteiger charge is 2.03. The fourth-order valence-corrected chi connectivity index (χ4v) is 0.797. The standard InChI is InChI=1S/C9H16N2O2/c1-3-4-5-11-9(13)7(2)6-8(10)12/h6H,3-5H2,1-2H3,(H2,10,12)(H,11,13)/b7-6+. The fraction of sp³-hybridized carbons (Fsp3) is 0.556. The highest BCUT2D eigenvalue weighted by molar-refractivity contribution is 5.99. The van der Waals surface area contributed by atoms with E-state index in [2.05, 4.69) is 5.32 Å². The van der Waals surface area contributed by atoms with Gasteiger partial charge in [-0.15, -0.1) is 0 Å². The Balaban J connectivity index is 3.90. The van der Waals surface area contributed by atoms with Gasteiger partial charge >= 0.3 is 0 Å². The zero-order valence-electron chi connectivity index (χ0n) is 8.09. The lowest BCUT2D eigenvalue weighted by atomic mass is 10.2. The normalized spacial score (nSPS) is 11.1. The average molecular weight is 184 g/mol. The number of primary amides is 1. The van der Waals surface area contributed by atoms with E-state index in [0.29, 0.717) is 12.1 Å². The van der Waals surface area contributed by atoms with Crippen LogP contribution in [-0.2, 0) is 9.59 Å². The van der Waals surface area contributed by atoms with Gasteiger partial charge in [0.15, 0.2) is 0 Å². The molecule has 0 radical (unpaired) electrons. The molecule has 0 aliphatic carbocycles. The van der Waals surface area contributed by atoms with E-state index in [0.717, 1.165) is 18.9 Å². The molecule has 0 spiro atoms. The van der Waals surface area contributed by atoms with Crippen molar-refractivity contribution in [1.29, 1.82) is 0 Å². The van der Waals surface area contributed by atoms with Gasteiger partial charge in [-0.25, -0.2) is 0 Å². The van der Waals surface area contributed by atoms with E-state index in [-0.39, 0.29) is 5.91 Å². The third-order valence-corrected chi connectivity index (χ3v) is 1.53. The van der Waals surface area contributed by atoms with Gasteiger partial charge in [-0.3, -0.25) is 9.59 Å². The molecule has 13 heavy (non-hydrogen) atoms. The third kappa shape index (κ3) is 5.90. The van der Waals surface area contributed by atoms with Crippen LogP contribution < -0.4 is 11.1 Å². The van der Waals surface area contributed by atoms with Gasteiger partial charge in [0.05, 0.1) is 0 Å². The largest absolute Gasteiger partial charge is 0.366 e. The first kappa shape index (κ1) is 11.7. The molecule has 0 aromatic heterocycles. The van der Waals surface area contributed by atoms with Crippen LogP contribution in [0.5, 0.6) is 0 Å². The molecule has 0 saturated heterocycles. The van der Waals surface area contributed by atoms with Crippen molar-refractivity contribution in [3.63, 3.8) is 0 Å². The minimum Gasteiger partial charge on any atom is -0.366 e. The van der Waals surface area contributed by atoms with Gasteiger partial charge in [0.25, 0.3) is 0 Å².